The zero-order valence-electron chi connectivity index (χ0n) is 12.1. The number of benzene rings is 1. The molecule has 1 aromatic rings. The van der Waals surface area contributed by atoms with E-state index in [4.69, 9.17) is 4.74 Å². The van der Waals surface area contributed by atoms with Crippen LogP contribution in [0.15, 0.2) is 24.3 Å². The quantitative estimate of drug-likeness (QED) is 0.835. The van der Waals surface area contributed by atoms with Crippen LogP contribution in [0.25, 0.3) is 0 Å². The summed E-state index contributed by atoms with van der Waals surface area (Å²) in [6.45, 7) is 3.89. The van der Waals surface area contributed by atoms with Crippen LogP contribution < -0.4 is 10.1 Å². The number of rotatable bonds is 5. The van der Waals surface area contributed by atoms with Crippen LogP contribution in [0.2, 0.25) is 0 Å². The lowest BCUT2D eigenvalue weighted by Gasteiger charge is -2.18. The second-order valence-corrected chi connectivity index (χ2v) is 5.55. The van der Waals surface area contributed by atoms with E-state index in [2.05, 4.69) is 5.32 Å². The van der Waals surface area contributed by atoms with Gasteiger partial charge in [-0.25, -0.2) is 0 Å². The number of aliphatic hydroxyl groups is 1. The Kier molecular flexibility index (Phi) is 4.62. The summed E-state index contributed by atoms with van der Waals surface area (Å²) in [4.78, 5) is 13.9. The molecule has 1 aliphatic heterocycles. The Bertz CT molecular complexity index is 474. The molecule has 2 rings (SSSR count). The van der Waals surface area contributed by atoms with Gasteiger partial charge in [0.05, 0.1) is 19.3 Å². The molecule has 5 nitrogen and oxygen atoms in total. The summed E-state index contributed by atoms with van der Waals surface area (Å²) in [6.07, 6.45) is 0.715. The van der Waals surface area contributed by atoms with Crippen molar-refractivity contribution in [3.8, 4) is 5.75 Å². The maximum Gasteiger partial charge on any atom is 0.234 e. The highest BCUT2D eigenvalue weighted by Gasteiger charge is 2.31. The number of methoxy groups -OCH3 is 1. The average molecular weight is 278 g/mol. The SMILES string of the molecule is COc1ccccc1CNC(=O)CN1CCC(C)(O)C1. The molecule has 0 spiro atoms. The van der Waals surface area contributed by atoms with Crippen LogP contribution in [0.4, 0.5) is 0 Å². The van der Waals surface area contributed by atoms with E-state index in [1.165, 1.54) is 0 Å². The van der Waals surface area contributed by atoms with Gasteiger partial charge in [-0.1, -0.05) is 18.2 Å². The number of likely N-dealkylation sites (tertiary alicyclic amines) is 1. The molecule has 2 N–H and O–H groups in total. The molecule has 0 bridgehead atoms. The molecule has 1 unspecified atom stereocenters. The second kappa shape index (κ2) is 6.24. The molecule has 0 aliphatic carbocycles. The summed E-state index contributed by atoms with van der Waals surface area (Å²) < 4.78 is 5.24. The Morgan fingerprint density at radius 1 is 1.50 bits per heavy atom. The number of nitrogens with one attached hydrogen (secondary N) is 1. The van der Waals surface area contributed by atoms with Gasteiger partial charge >= 0.3 is 0 Å². The van der Waals surface area contributed by atoms with E-state index >= 15 is 0 Å². The molecule has 0 radical (unpaired) electrons. The predicted octanol–water partition coefficient (Wildman–Crippen LogP) is 0.768. The summed E-state index contributed by atoms with van der Waals surface area (Å²) in [5, 5.41) is 12.7. The molecule has 1 aromatic carbocycles. The van der Waals surface area contributed by atoms with Gasteiger partial charge in [-0.3, -0.25) is 9.69 Å². The normalized spacial score (nSPS) is 22.8. The molecule has 1 amide bonds. The smallest absolute Gasteiger partial charge is 0.234 e. The van der Waals surface area contributed by atoms with Crippen LogP contribution in [0.1, 0.15) is 18.9 Å². The lowest BCUT2D eigenvalue weighted by molar-refractivity contribution is -0.122. The van der Waals surface area contributed by atoms with Crippen molar-refractivity contribution in [2.75, 3.05) is 26.7 Å². The minimum atomic E-state index is -0.664. The number of amides is 1. The van der Waals surface area contributed by atoms with Crippen molar-refractivity contribution in [1.82, 2.24) is 10.2 Å². The molecule has 1 fully saturated rings. The number of β-amino-alcohol motifs (C(OH)–C–C–N with tert-alkyl or cyclic N) is 1. The third-order valence-corrected chi connectivity index (χ3v) is 3.57. The van der Waals surface area contributed by atoms with E-state index in [1.807, 2.05) is 29.2 Å². The Labute approximate surface area is 119 Å². The number of ether oxygens (including phenoxy) is 1. The van der Waals surface area contributed by atoms with E-state index in [0.717, 1.165) is 17.9 Å². The van der Waals surface area contributed by atoms with E-state index in [1.54, 1.807) is 14.0 Å². The van der Waals surface area contributed by atoms with Crippen molar-refractivity contribution in [1.29, 1.82) is 0 Å². The molecular formula is C15H22N2O3. The molecule has 110 valence electrons. The first-order valence-corrected chi connectivity index (χ1v) is 6.83. The first kappa shape index (κ1) is 14.8. The maximum atomic E-state index is 11.9. The summed E-state index contributed by atoms with van der Waals surface area (Å²) in [7, 11) is 1.62. The number of nitrogens with zero attached hydrogens (tertiary/aromatic N) is 1. The second-order valence-electron chi connectivity index (χ2n) is 5.55. The van der Waals surface area contributed by atoms with E-state index in [0.29, 0.717) is 26.1 Å². The highest BCUT2D eigenvalue weighted by Crippen LogP contribution is 2.20. The Morgan fingerprint density at radius 2 is 2.25 bits per heavy atom. The molecule has 1 heterocycles. The van der Waals surface area contributed by atoms with E-state index < -0.39 is 5.60 Å². The Balaban J connectivity index is 1.81. The summed E-state index contributed by atoms with van der Waals surface area (Å²) in [5.41, 5.74) is 0.292. The third kappa shape index (κ3) is 3.95. The number of hydrogen-bond donors (Lipinski definition) is 2. The third-order valence-electron chi connectivity index (χ3n) is 3.57. The number of carbonyl (C=O) groups excluding carboxylic acids is 1. The van der Waals surface area contributed by atoms with Crippen molar-refractivity contribution < 1.29 is 14.6 Å². The highest BCUT2D eigenvalue weighted by molar-refractivity contribution is 5.78. The van der Waals surface area contributed by atoms with Crippen LogP contribution in [0, 0.1) is 0 Å². The van der Waals surface area contributed by atoms with Gasteiger partial charge in [-0.05, 0) is 19.4 Å². The van der Waals surface area contributed by atoms with Crippen LogP contribution >= 0.6 is 0 Å². The largest absolute Gasteiger partial charge is 0.496 e. The minimum absolute atomic E-state index is 0.0337. The van der Waals surface area contributed by atoms with Gasteiger partial charge < -0.3 is 15.2 Å². The molecule has 0 aromatic heterocycles. The van der Waals surface area contributed by atoms with Crippen LogP contribution in [-0.2, 0) is 11.3 Å². The van der Waals surface area contributed by atoms with Crippen molar-refractivity contribution in [2.24, 2.45) is 0 Å². The van der Waals surface area contributed by atoms with Crippen LogP contribution in [-0.4, -0.2) is 48.3 Å². The molecule has 5 heteroatoms. The minimum Gasteiger partial charge on any atom is -0.496 e. The molecule has 1 aliphatic rings. The number of hydrogen-bond acceptors (Lipinski definition) is 4. The maximum absolute atomic E-state index is 11.9. The fourth-order valence-corrected chi connectivity index (χ4v) is 2.48. The van der Waals surface area contributed by atoms with Crippen LogP contribution in [0.5, 0.6) is 5.75 Å². The topological polar surface area (TPSA) is 61.8 Å². The lowest BCUT2D eigenvalue weighted by atomic mass is 10.1. The van der Waals surface area contributed by atoms with Gasteiger partial charge in [0.1, 0.15) is 5.75 Å². The summed E-state index contributed by atoms with van der Waals surface area (Å²) in [5.74, 6) is 0.741. The molecular weight excluding hydrogens is 256 g/mol. The molecule has 1 saturated heterocycles. The van der Waals surface area contributed by atoms with Crippen molar-refractivity contribution in [3.63, 3.8) is 0 Å². The molecule has 20 heavy (non-hydrogen) atoms. The zero-order chi connectivity index (χ0) is 14.6. The van der Waals surface area contributed by atoms with Gasteiger partial charge in [0.15, 0.2) is 0 Å². The van der Waals surface area contributed by atoms with Gasteiger partial charge in [0, 0.05) is 25.2 Å². The van der Waals surface area contributed by atoms with Gasteiger partial charge in [-0.15, -0.1) is 0 Å². The Morgan fingerprint density at radius 3 is 2.90 bits per heavy atom. The van der Waals surface area contributed by atoms with E-state index in [-0.39, 0.29) is 5.91 Å². The highest BCUT2D eigenvalue weighted by atomic mass is 16.5. The summed E-state index contributed by atoms with van der Waals surface area (Å²) >= 11 is 0. The van der Waals surface area contributed by atoms with E-state index in [9.17, 15) is 9.90 Å². The fraction of sp³-hybridized carbons (Fsp3) is 0.533. The van der Waals surface area contributed by atoms with Crippen molar-refractivity contribution in [2.45, 2.75) is 25.5 Å². The van der Waals surface area contributed by atoms with Crippen molar-refractivity contribution in [3.05, 3.63) is 29.8 Å². The molecule has 1 atom stereocenters. The monoisotopic (exact) mass is 278 g/mol. The summed E-state index contributed by atoms with van der Waals surface area (Å²) in [6, 6.07) is 7.62. The average Bonchev–Trinajstić information content (AvgIpc) is 2.76. The van der Waals surface area contributed by atoms with Gasteiger partial charge in [0.2, 0.25) is 5.91 Å². The lowest BCUT2D eigenvalue weighted by Crippen LogP contribution is -2.38. The van der Waals surface area contributed by atoms with Gasteiger partial charge in [-0.2, -0.15) is 0 Å². The van der Waals surface area contributed by atoms with Gasteiger partial charge in [0.25, 0.3) is 0 Å². The van der Waals surface area contributed by atoms with Crippen molar-refractivity contribution >= 4 is 5.91 Å². The molecule has 0 saturated carbocycles. The number of carbonyl (C=O) groups is 1. The fourth-order valence-electron chi connectivity index (χ4n) is 2.48. The standard InChI is InChI=1S/C15H22N2O3/c1-15(19)7-8-17(11-15)10-14(18)16-9-12-5-3-4-6-13(12)20-2/h3-6,19H,7-11H2,1-2H3,(H,16,18). The first-order chi connectivity index (χ1) is 9.50. The zero-order valence-corrected chi connectivity index (χ0v) is 12.1. The first-order valence-electron chi connectivity index (χ1n) is 6.83. The Hall–Kier alpha value is -1.59. The number of para-hydroxylation sites is 1. The van der Waals surface area contributed by atoms with Crippen LogP contribution in [0.3, 0.4) is 0 Å². The predicted molar refractivity (Wildman–Crippen MR) is 76.5 cm³/mol.